The number of hydrogen-bond acceptors (Lipinski definition) is 6. The first-order valence-electron chi connectivity index (χ1n) is 5.48. The molecule has 0 unspecified atom stereocenters. The summed E-state index contributed by atoms with van der Waals surface area (Å²) >= 11 is 1.32. The van der Waals surface area contributed by atoms with Crippen LogP contribution in [0.25, 0.3) is 10.2 Å². The summed E-state index contributed by atoms with van der Waals surface area (Å²) in [6, 6.07) is 3.35. The number of aromatic nitrogens is 1. The lowest BCUT2D eigenvalue weighted by Gasteiger charge is -2.05. The fraction of sp³-hybridized carbons (Fsp3) is 0.333. The van der Waals surface area contributed by atoms with Gasteiger partial charge < -0.3 is 15.2 Å². The molecule has 2 rings (SSSR count). The summed E-state index contributed by atoms with van der Waals surface area (Å²) in [6.45, 7) is 4.00. The molecule has 2 N–H and O–H groups in total. The molecule has 0 aliphatic carbocycles. The Kier molecular flexibility index (Phi) is 4.91. The fourth-order valence-electron chi connectivity index (χ4n) is 1.41. The molecule has 0 fully saturated rings. The van der Waals surface area contributed by atoms with Gasteiger partial charge in [0.25, 0.3) is 0 Å². The normalized spacial score (nSPS) is 9.56. The minimum absolute atomic E-state index is 0.376. The monoisotopic (exact) mass is 268 g/mol. The summed E-state index contributed by atoms with van der Waals surface area (Å²) in [7, 11) is 2.82. The summed E-state index contributed by atoms with van der Waals surface area (Å²) in [5.41, 5.74) is 6.68. The van der Waals surface area contributed by atoms with Crippen molar-refractivity contribution in [3.05, 3.63) is 17.7 Å². The van der Waals surface area contributed by atoms with Gasteiger partial charge in [-0.2, -0.15) is 0 Å². The molecule has 0 saturated carbocycles. The van der Waals surface area contributed by atoms with Crippen molar-refractivity contribution in [3.8, 4) is 5.75 Å². The van der Waals surface area contributed by atoms with Gasteiger partial charge in [-0.3, -0.25) is 0 Å². The molecule has 6 heteroatoms. The van der Waals surface area contributed by atoms with E-state index in [2.05, 4.69) is 9.72 Å². The van der Waals surface area contributed by atoms with Crippen molar-refractivity contribution in [2.45, 2.75) is 13.8 Å². The number of nitrogen functional groups attached to an aromatic ring is 1. The predicted molar refractivity (Wildman–Crippen MR) is 73.3 cm³/mol. The molecule has 0 bridgehead atoms. The Balaban J connectivity index is 0.000000771. The fourth-order valence-corrected chi connectivity index (χ4v) is 2.17. The Labute approximate surface area is 110 Å². The van der Waals surface area contributed by atoms with Crippen LogP contribution in [0, 0.1) is 0 Å². The first kappa shape index (κ1) is 14.2. The van der Waals surface area contributed by atoms with Crippen LogP contribution >= 0.6 is 11.3 Å². The maximum absolute atomic E-state index is 11.5. The van der Waals surface area contributed by atoms with Crippen molar-refractivity contribution < 1.29 is 14.3 Å². The Bertz CT molecular complexity index is 551. The highest BCUT2D eigenvalue weighted by molar-refractivity contribution is 7.22. The Hall–Kier alpha value is -1.82. The molecule has 0 spiro atoms. The number of benzene rings is 1. The summed E-state index contributed by atoms with van der Waals surface area (Å²) in [5, 5.41) is 0.457. The van der Waals surface area contributed by atoms with Crippen molar-refractivity contribution in [1.82, 2.24) is 4.98 Å². The standard InChI is InChI=1S/C10H10N2O3S.C2H6/c1-14-7-4-6-8(16-10(11)12-6)3-5(7)9(13)15-2;1-2/h3-4H,1-2H3,(H2,11,12);1-2H3. The van der Waals surface area contributed by atoms with Gasteiger partial charge in [0, 0.05) is 6.07 Å². The average molecular weight is 268 g/mol. The van der Waals surface area contributed by atoms with Gasteiger partial charge in [0.1, 0.15) is 11.3 Å². The number of esters is 1. The van der Waals surface area contributed by atoms with Gasteiger partial charge in [0.2, 0.25) is 0 Å². The van der Waals surface area contributed by atoms with E-state index in [4.69, 9.17) is 10.5 Å². The number of ether oxygens (including phenoxy) is 2. The number of rotatable bonds is 2. The number of methoxy groups -OCH3 is 2. The van der Waals surface area contributed by atoms with Crippen LogP contribution < -0.4 is 10.5 Å². The lowest BCUT2D eigenvalue weighted by molar-refractivity contribution is 0.0597. The molecule has 2 aromatic rings. The van der Waals surface area contributed by atoms with Crippen LogP contribution in [0.2, 0.25) is 0 Å². The predicted octanol–water partition coefficient (Wildman–Crippen LogP) is 2.70. The molecular weight excluding hydrogens is 252 g/mol. The third-order valence-electron chi connectivity index (χ3n) is 2.13. The maximum atomic E-state index is 11.5. The highest BCUT2D eigenvalue weighted by atomic mass is 32.1. The average Bonchev–Trinajstić information content (AvgIpc) is 2.77. The van der Waals surface area contributed by atoms with E-state index in [1.807, 2.05) is 13.8 Å². The number of thiazole rings is 1. The number of hydrogen-bond donors (Lipinski definition) is 1. The van der Waals surface area contributed by atoms with Crippen LogP contribution in [0.4, 0.5) is 5.13 Å². The first-order chi connectivity index (χ1) is 8.65. The van der Waals surface area contributed by atoms with Crippen molar-refractivity contribution >= 4 is 32.7 Å². The second-order valence-electron chi connectivity index (χ2n) is 3.06. The lowest BCUT2D eigenvalue weighted by Crippen LogP contribution is -2.03. The number of nitrogens with two attached hydrogens (primary N) is 1. The van der Waals surface area contributed by atoms with Gasteiger partial charge in [-0.1, -0.05) is 25.2 Å². The quantitative estimate of drug-likeness (QED) is 0.848. The van der Waals surface area contributed by atoms with Gasteiger partial charge >= 0.3 is 5.97 Å². The number of nitrogens with zero attached hydrogens (tertiary/aromatic N) is 1. The zero-order valence-corrected chi connectivity index (χ0v) is 11.6. The summed E-state index contributed by atoms with van der Waals surface area (Å²) in [5.74, 6) is -0.00429. The van der Waals surface area contributed by atoms with E-state index in [1.54, 1.807) is 12.1 Å². The third-order valence-corrected chi connectivity index (χ3v) is 2.98. The van der Waals surface area contributed by atoms with E-state index in [1.165, 1.54) is 25.6 Å². The maximum Gasteiger partial charge on any atom is 0.341 e. The van der Waals surface area contributed by atoms with E-state index in [0.29, 0.717) is 22.0 Å². The molecule has 0 radical (unpaired) electrons. The molecule has 1 aromatic carbocycles. The minimum atomic E-state index is -0.439. The second kappa shape index (κ2) is 6.20. The topological polar surface area (TPSA) is 74.4 Å². The molecule has 0 amide bonds. The smallest absolute Gasteiger partial charge is 0.341 e. The van der Waals surface area contributed by atoms with Crippen LogP contribution in [-0.2, 0) is 4.74 Å². The first-order valence-corrected chi connectivity index (χ1v) is 6.29. The van der Waals surface area contributed by atoms with Crippen LogP contribution in [0.5, 0.6) is 5.75 Å². The highest BCUT2D eigenvalue weighted by Crippen LogP contribution is 2.30. The van der Waals surface area contributed by atoms with E-state index in [9.17, 15) is 4.79 Å². The zero-order valence-electron chi connectivity index (χ0n) is 10.8. The number of fused-ring (bicyclic) bond motifs is 1. The van der Waals surface area contributed by atoms with Crippen molar-refractivity contribution in [3.63, 3.8) is 0 Å². The molecule has 0 aliphatic heterocycles. The van der Waals surface area contributed by atoms with Gasteiger partial charge in [-0.15, -0.1) is 0 Å². The number of carbonyl (C=O) groups is 1. The molecule has 5 nitrogen and oxygen atoms in total. The molecule has 0 aliphatic rings. The minimum Gasteiger partial charge on any atom is -0.496 e. The van der Waals surface area contributed by atoms with E-state index >= 15 is 0 Å². The van der Waals surface area contributed by atoms with Crippen molar-refractivity contribution in [2.75, 3.05) is 20.0 Å². The highest BCUT2D eigenvalue weighted by Gasteiger charge is 2.15. The van der Waals surface area contributed by atoms with Gasteiger partial charge in [0.05, 0.1) is 24.4 Å². The molecule has 0 saturated heterocycles. The Morgan fingerprint density at radius 3 is 2.56 bits per heavy atom. The Morgan fingerprint density at radius 2 is 2.00 bits per heavy atom. The van der Waals surface area contributed by atoms with Gasteiger partial charge in [0.15, 0.2) is 5.13 Å². The Morgan fingerprint density at radius 1 is 1.33 bits per heavy atom. The van der Waals surface area contributed by atoms with Crippen LogP contribution in [0.3, 0.4) is 0 Å². The van der Waals surface area contributed by atoms with Gasteiger partial charge in [-0.05, 0) is 6.07 Å². The van der Waals surface area contributed by atoms with Crippen molar-refractivity contribution in [1.29, 1.82) is 0 Å². The van der Waals surface area contributed by atoms with E-state index in [0.717, 1.165) is 4.70 Å². The number of anilines is 1. The zero-order chi connectivity index (χ0) is 13.7. The number of carbonyl (C=O) groups excluding carboxylic acids is 1. The molecule has 98 valence electrons. The lowest BCUT2D eigenvalue weighted by atomic mass is 10.2. The van der Waals surface area contributed by atoms with Crippen LogP contribution in [-0.4, -0.2) is 25.2 Å². The van der Waals surface area contributed by atoms with E-state index in [-0.39, 0.29) is 0 Å². The molecular formula is C12H16N2O3S. The largest absolute Gasteiger partial charge is 0.496 e. The molecule has 18 heavy (non-hydrogen) atoms. The second-order valence-corrected chi connectivity index (χ2v) is 4.13. The van der Waals surface area contributed by atoms with E-state index < -0.39 is 5.97 Å². The van der Waals surface area contributed by atoms with Gasteiger partial charge in [-0.25, -0.2) is 9.78 Å². The molecule has 1 aromatic heterocycles. The summed E-state index contributed by atoms with van der Waals surface area (Å²) in [4.78, 5) is 15.6. The SMILES string of the molecule is CC.COC(=O)c1cc2sc(N)nc2cc1OC. The summed E-state index contributed by atoms with van der Waals surface area (Å²) in [6.07, 6.45) is 0. The summed E-state index contributed by atoms with van der Waals surface area (Å²) < 4.78 is 10.6. The van der Waals surface area contributed by atoms with Crippen molar-refractivity contribution in [2.24, 2.45) is 0 Å². The van der Waals surface area contributed by atoms with Crippen LogP contribution in [0.15, 0.2) is 12.1 Å². The molecule has 0 atom stereocenters. The third kappa shape index (κ3) is 2.70. The molecule has 1 heterocycles. The van der Waals surface area contributed by atoms with Crippen LogP contribution in [0.1, 0.15) is 24.2 Å².